The first kappa shape index (κ1) is 21.8. The Labute approximate surface area is 175 Å². The third kappa shape index (κ3) is 5.73. The zero-order chi connectivity index (χ0) is 19.9. The third-order valence-electron chi connectivity index (χ3n) is 4.25. The van der Waals surface area contributed by atoms with Gasteiger partial charge in [0.2, 0.25) is 0 Å². The molecule has 7 heteroatoms. The zero-order valence-corrected chi connectivity index (χ0v) is 16.9. The molecule has 0 saturated heterocycles. The molecule has 0 bridgehead atoms. The van der Waals surface area contributed by atoms with E-state index in [1.165, 1.54) is 11.8 Å². The van der Waals surface area contributed by atoms with Gasteiger partial charge < -0.3 is 5.32 Å². The molecule has 3 aromatic rings. The monoisotopic (exact) mass is 408 g/mol. The molecule has 6 nitrogen and oxygen atoms in total. The number of nitrogens with zero attached hydrogens (tertiary/aromatic N) is 2. The van der Waals surface area contributed by atoms with Gasteiger partial charge in [0, 0.05) is 12.4 Å². The lowest BCUT2D eigenvalue weighted by molar-refractivity contribution is 0.0956. The maximum absolute atomic E-state index is 12.5. The van der Waals surface area contributed by atoms with E-state index in [-0.39, 0.29) is 18.3 Å². The third-order valence-corrected chi connectivity index (χ3v) is 4.25. The minimum Gasteiger partial charge on any atom is -0.321 e. The van der Waals surface area contributed by atoms with Crippen molar-refractivity contribution in [3.05, 3.63) is 94.8 Å². The lowest BCUT2D eigenvalue weighted by Crippen LogP contribution is -2.21. The summed E-state index contributed by atoms with van der Waals surface area (Å²) in [4.78, 5) is 28.8. The average Bonchev–Trinajstić information content (AvgIpc) is 2.71. The van der Waals surface area contributed by atoms with E-state index in [2.05, 4.69) is 20.8 Å². The Morgan fingerprint density at radius 3 is 2.48 bits per heavy atom. The fraction of sp³-hybridized carbons (Fsp3) is 0.0909. The number of carbonyl (C=O) groups excluding carboxylic acids is 2. The summed E-state index contributed by atoms with van der Waals surface area (Å²) in [6.45, 7) is 4.06. The second kappa shape index (κ2) is 10.1. The molecule has 0 fully saturated rings. The number of halogens is 1. The van der Waals surface area contributed by atoms with Gasteiger partial charge in [0.1, 0.15) is 0 Å². The normalized spacial score (nSPS) is 10.3. The van der Waals surface area contributed by atoms with Crippen LogP contribution in [0, 0.1) is 13.8 Å². The summed E-state index contributed by atoms with van der Waals surface area (Å²) >= 11 is 0. The van der Waals surface area contributed by atoms with Crippen LogP contribution in [0.25, 0.3) is 0 Å². The second-order valence-corrected chi connectivity index (χ2v) is 6.28. The summed E-state index contributed by atoms with van der Waals surface area (Å²) in [5, 5.41) is 6.76. The summed E-state index contributed by atoms with van der Waals surface area (Å²) in [5.74, 6) is -0.755. The fourth-order valence-corrected chi connectivity index (χ4v) is 2.55. The smallest absolute Gasteiger partial charge is 0.273 e. The zero-order valence-electron chi connectivity index (χ0n) is 16.0. The summed E-state index contributed by atoms with van der Waals surface area (Å²) in [6.07, 6.45) is 4.64. The standard InChI is InChI=1S/C22H20N4O2.ClH/c1-15-9-10-17(12-16(15)2)13-24-26-22(28)19-7-3-4-8-20(19)25-21(27)18-6-5-11-23-14-18;/h3-14H,1-2H3,(H,25,27)(H,26,28);1H. The molecule has 148 valence electrons. The topological polar surface area (TPSA) is 83.5 Å². The molecular formula is C22H21ClN4O2. The van der Waals surface area contributed by atoms with E-state index >= 15 is 0 Å². The number of anilines is 1. The van der Waals surface area contributed by atoms with E-state index in [0.717, 1.165) is 11.1 Å². The summed E-state index contributed by atoms with van der Waals surface area (Å²) in [5.41, 5.74) is 6.86. The Balaban J connectivity index is 0.00000300. The number of nitrogens with one attached hydrogen (secondary N) is 2. The first-order valence-electron chi connectivity index (χ1n) is 8.75. The molecule has 0 saturated carbocycles. The lowest BCUT2D eigenvalue weighted by Gasteiger charge is -2.09. The van der Waals surface area contributed by atoms with Gasteiger partial charge in [-0.05, 0) is 54.8 Å². The molecule has 3 rings (SSSR count). The number of hydrogen-bond acceptors (Lipinski definition) is 4. The highest BCUT2D eigenvalue weighted by Crippen LogP contribution is 2.16. The van der Waals surface area contributed by atoms with Crippen molar-refractivity contribution in [2.45, 2.75) is 13.8 Å². The van der Waals surface area contributed by atoms with Gasteiger partial charge >= 0.3 is 0 Å². The van der Waals surface area contributed by atoms with Crippen molar-refractivity contribution < 1.29 is 9.59 Å². The van der Waals surface area contributed by atoms with Crippen LogP contribution < -0.4 is 10.7 Å². The molecule has 29 heavy (non-hydrogen) atoms. The van der Waals surface area contributed by atoms with Crippen LogP contribution in [0.1, 0.15) is 37.4 Å². The lowest BCUT2D eigenvalue weighted by atomic mass is 10.1. The summed E-state index contributed by atoms with van der Waals surface area (Å²) in [6, 6.07) is 16.0. The fourth-order valence-electron chi connectivity index (χ4n) is 2.55. The molecule has 0 radical (unpaired) electrons. The molecule has 1 heterocycles. The van der Waals surface area contributed by atoms with Gasteiger partial charge in [-0.15, -0.1) is 12.4 Å². The van der Waals surface area contributed by atoms with Gasteiger partial charge in [-0.3, -0.25) is 14.6 Å². The highest BCUT2D eigenvalue weighted by Gasteiger charge is 2.13. The number of aromatic nitrogens is 1. The highest BCUT2D eigenvalue weighted by molar-refractivity contribution is 6.08. The first-order valence-corrected chi connectivity index (χ1v) is 8.75. The molecule has 0 spiro atoms. The van der Waals surface area contributed by atoms with E-state index in [9.17, 15) is 9.59 Å². The van der Waals surface area contributed by atoms with E-state index in [4.69, 9.17) is 0 Å². The van der Waals surface area contributed by atoms with Gasteiger partial charge in [-0.2, -0.15) is 5.10 Å². The van der Waals surface area contributed by atoms with E-state index in [1.807, 2.05) is 32.0 Å². The van der Waals surface area contributed by atoms with Crippen LogP contribution in [-0.2, 0) is 0 Å². The van der Waals surface area contributed by atoms with Crippen molar-refractivity contribution >= 4 is 36.1 Å². The highest BCUT2D eigenvalue weighted by atomic mass is 35.5. The Morgan fingerprint density at radius 2 is 1.76 bits per heavy atom. The molecule has 0 aliphatic heterocycles. The Morgan fingerprint density at radius 1 is 0.966 bits per heavy atom. The van der Waals surface area contributed by atoms with Gasteiger partial charge in [0.25, 0.3) is 11.8 Å². The van der Waals surface area contributed by atoms with Crippen molar-refractivity contribution in [2.24, 2.45) is 5.10 Å². The Bertz CT molecular complexity index is 1040. The quantitative estimate of drug-likeness (QED) is 0.491. The van der Waals surface area contributed by atoms with Crippen LogP contribution in [0.2, 0.25) is 0 Å². The number of para-hydroxylation sites is 1. The van der Waals surface area contributed by atoms with Crippen LogP contribution >= 0.6 is 12.4 Å². The Kier molecular flexibility index (Phi) is 7.62. The van der Waals surface area contributed by atoms with E-state index in [1.54, 1.807) is 48.8 Å². The maximum Gasteiger partial charge on any atom is 0.273 e. The van der Waals surface area contributed by atoms with Crippen molar-refractivity contribution in [1.29, 1.82) is 0 Å². The average molecular weight is 409 g/mol. The van der Waals surface area contributed by atoms with Crippen molar-refractivity contribution in [1.82, 2.24) is 10.4 Å². The number of amides is 2. The van der Waals surface area contributed by atoms with Gasteiger partial charge in [-0.25, -0.2) is 5.43 Å². The van der Waals surface area contributed by atoms with Crippen LogP contribution in [0.4, 0.5) is 5.69 Å². The first-order chi connectivity index (χ1) is 13.5. The molecule has 2 amide bonds. The number of rotatable bonds is 5. The van der Waals surface area contributed by atoms with Crippen molar-refractivity contribution in [3.63, 3.8) is 0 Å². The van der Waals surface area contributed by atoms with Crippen LogP contribution in [-0.4, -0.2) is 23.0 Å². The molecule has 2 N–H and O–H groups in total. The number of hydrogen-bond donors (Lipinski definition) is 2. The second-order valence-electron chi connectivity index (χ2n) is 6.28. The minimum absolute atomic E-state index is 0. The van der Waals surface area contributed by atoms with E-state index in [0.29, 0.717) is 16.8 Å². The van der Waals surface area contributed by atoms with E-state index < -0.39 is 5.91 Å². The number of benzene rings is 2. The summed E-state index contributed by atoms with van der Waals surface area (Å²) in [7, 11) is 0. The number of hydrazone groups is 1. The Hall–Kier alpha value is -3.51. The minimum atomic E-state index is -0.415. The number of aryl methyl sites for hydroxylation is 2. The van der Waals surface area contributed by atoms with Crippen LogP contribution in [0.15, 0.2) is 72.1 Å². The number of carbonyl (C=O) groups is 2. The SMILES string of the molecule is Cc1ccc(C=NNC(=O)c2ccccc2NC(=O)c2cccnc2)cc1C.Cl. The van der Waals surface area contributed by atoms with Gasteiger partial charge in [-0.1, -0.05) is 30.3 Å². The van der Waals surface area contributed by atoms with Crippen molar-refractivity contribution in [2.75, 3.05) is 5.32 Å². The van der Waals surface area contributed by atoms with Crippen molar-refractivity contribution in [3.8, 4) is 0 Å². The van der Waals surface area contributed by atoms with Crippen LogP contribution in [0.5, 0.6) is 0 Å². The molecule has 0 aliphatic rings. The maximum atomic E-state index is 12.5. The largest absolute Gasteiger partial charge is 0.321 e. The molecule has 0 aliphatic carbocycles. The van der Waals surface area contributed by atoms with Crippen LogP contribution in [0.3, 0.4) is 0 Å². The molecule has 0 unspecified atom stereocenters. The molecule has 0 atom stereocenters. The molecule has 1 aromatic heterocycles. The number of pyridine rings is 1. The van der Waals surface area contributed by atoms with Gasteiger partial charge in [0.05, 0.1) is 23.0 Å². The predicted molar refractivity (Wildman–Crippen MR) is 117 cm³/mol. The summed E-state index contributed by atoms with van der Waals surface area (Å²) < 4.78 is 0. The van der Waals surface area contributed by atoms with Gasteiger partial charge in [0.15, 0.2) is 0 Å². The molecule has 2 aromatic carbocycles. The predicted octanol–water partition coefficient (Wildman–Crippen LogP) is 4.14. The molecular weight excluding hydrogens is 388 g/mol.